The molecular formula is C44H28. The summed E-state index contributed by atoms with van der Waals surface area (Å²) >= 11 is 0. The lowest BCUT2D eigenvalue weighted by molar-refractivity contribution is 1.78. The van der Waals surface area contributed by atoms with Crippen LogP contribution >= 0.6 is 0 Å². The first-order chi connectivity index (χ1) is 21.8. The van der Waals surface area contributed by atoms with Crippen LogP contribution in [0.3, 0.4) is 0 Å². The second kappa shape index (κ2) is 9.93. The Morgan fingerprint density at radius 3 is 1.11 bits per heavy atom. The van der Waals surface area contributed by atoms with E-state index >= 15 is 0 Å². The normalized spacial score (nSPS) is 11.6. The van der Waals surface area contributed by atoms with Crippen molar-refractivity contribution in [2.45, 2.75) is 0 Å². The Kier molecular flexibility index (Phi) is 5.61. The molecule has 0 heteroatoms. The van der Waals surface area contributed by atoms with E-state index in [-0.39, 0.29) is 0 Å². The van der Waals surface area contributed by atoms with Crippen molar-refractivity contribution in [3.63, 3.8) is 0 Å². The lowest BCUT2D eigenvalue weighted by atomic mass is 9.93. The number of benzene rings is 10. The second-order valence-corrected chi connectivity index (χ2v) is 11.7. The van der Waals surface area contributed by atoms with Gasteiger partial charge in [0.1, 0.15) is 0 Å². The molecule has 0 aliphatic carbocycles. The van der Waals surface area contributed by atoms with E-state index in [0.29, 0.717) is 0 Å². The van der Waals surface area contributed by atoms with E-state index in [4.69, 9.17) is 0 Å². The maximum atomic E-state index is 2.32. The van der Waals surface area contributed by atoms with Crippen molar-refractivity contribution in [2.24, 2.45) is 0 Å². The predicted octanol–water partition coefficient (Wildman–Crippen LogP) is 12.6. The highest BCUT2D eigenvalue weighted by molar-refractivity contribution is 6.27. The molecule has 10 aromatic rings. The van der Waals surface area contributed by atoms with Crippen LogP contribution in [-0.2, 0) is 0 Å². The smallest absolute Gasteiger partial charge is 0.00206 e. The van der Waals surface area contributed by atoms with Crippen molar-refractivity contribution in [1.82, 2.24) is 0 Å². The summed E-state index contributed by atoms with van der Waals surface area (Å²) in [5.74, 6) is 0. The Hall–Kier alpha value is -5.72. The molecule has 0 atom stereocenters. The van der Waals surface area contributed by atoms with Crippen molar-refractivity contribution >= 4 is 86.2 Å². The van der Waals surface area contributed by atoms with Crippen LogP contribution in [0.25, 0.3) is 86.2 Å². The van der Waals surface area contributed by atoms with Crippen LogP contribution < -0.4 is 0 Å². The Morgan fingerprint density at radius 2 is 0.545 bits per heavy atom. The highest BCUT2D eigenvalue weighted by Gasteiger charge is 2.09. The summed E-state index contributed by atoms with van der Waals surface area (Å²) in [5, 5.41) is 21.2. The molecule has 0 aliphatic heterocycles. The molecule has 44 heavy (non-hydrogen) atoms. The zero-order chi connectivity index (χ0) is 29.0. The fourth-order valence-electron chi connectivity index (χ4n) is 7.10. The third kappa shape index (κ3) is 3.92. The molecule has 0 amide bonds. The summed E-state index contributed by atoms with van der Waals surface area (Å²) in [5.41, 5.74) is 0. The van der Waals surface area contributed by atoms with Crippen LogP contribution in [0, 0.1) is 0 Å². The molecule has 0 bridgehead atoms. The van der Waals surface area contributed by atoms with Gasteiger partial charge in [-0.1, -0.05) is 158 Å². The number of hydrogen-bond donors (Lipinski definition) is 0. The molecule has 10 rings (SSSR count). The summed E-state index contributed by atoms with van der Waals surface area (Å²) < 4.78 is 0. The van der Waals surface area contributed by atoms with E-state index in [1.165, 1.54) is 86.2 Å². The quantitative estimate of drug-likeness (QED) is 0.129. The monoisotopic (exact) mass is 556 g/mol. The Labute approximate surface area is 255 Å². The Morgan fingerprint density at radius 1 is 0.182 bits per heavy atom. The Bertz CT molecular complexity index is 2600. The number of fused-ring (bicyclic) bond motifs is 13. The van der Waals surface area contributed by atoms with Crippen LogP contribution in [0.2, 0.25) is 0 Å². The van der Waals surface area contributed by atoms with E-state index < -0.39 is 0 Å². The first-order valence-corrected chi connectivity index (χ1v) is 15.3. The first kappa shape index (κ1) is 24.8. The highest BCUT2D eigenvalue weighted by Crippen LogP contribution is 2.37. The molecule has 0 N–H and O–H groups in total. The molecule has 0 nitrogen and oxygen atoms in total. The van der Waals surface area contributed by atoms with Gasteiger partial charge in [0.15, 0.2) is 0 Å². The molecule has 0 saturated carbocycles. The molecule has 0 fully saturated rings. The van der Waals surface area contributed by atoms with Gasteiger partial charge < -0.3 is 0 Å². The standard InChI is InChI=1S/2C22H14/c1-3-7-19-15(5-1)9-11-17-13-14-18-12-10-16-6-2-4-8-20(16)22(18)21(17)19;1-2-7-17-14-22-18(13-16(17)6-1)10-12-20-19-8-4-3-5-15(19)9-11-21(20)22/h2*1-14H. The van der Waals surface area contributed by atoms with E-state index in [0.717, 1.165) is 0 Å². The zero-order valence-electron chi connectivity index (χ0n) is 24.2. The largest absolute Gasteiger partial charge is 0.0616 e. The molecule has 0 unspecified atom stereocenters. The number of rotatable bonds is 0. The number of hydrogen-bond acceptors (Lipinski definition) is 0. The zero-order valence-corrected chi connectivity index (χ0v) is 24.2. The lowest BCUT2D eigenvalue weighted by Gasteiger charge is -2.10. The van der Waals surface area contributed by atoms with E-state index in [1.807, 2.05) is 0 Å². The summed E-state index contributed by atoms with van der Waals surface area (Å²) in [6.07, 6.45) is 0. The van der Waals surface area contributed by atoms with Gasteiger partial charge in [0.2, 0.25) is 0 Å². The third-order valence-electron chi connectivity index (χ3n) is 9.22. The molecule has 0 aromatic heterocycles. The minimum absolute atomic E-state index is 1.30. The van der Waals surface area contributed by atoms with Gasteiger partial charge in [-0.05, 0) is 98.3 Å². The van der Waals surface area contributed by atoms with Crippen molar-refractivity contribution in [2.75, 3.05) is 0 Å². The summed E-state index contributed by atoms with van der Waals surface area (Å²) in [6, 6.07) is 61.5. The lowest BCUT2D eigenvalue weighted by Crippen LogP contribution is -1.83. The van der Waals surface area contributed by atoms with Gasteiger partial charge in [-0.2, -0.15) is 0 Å². The van der Waals surface area contributed by atoms with Gasteiger partial charge in [0, 0.05) is 0 Å². The van der Waals surface area contributed by atoms with Crippen molar-refractivity contribution in [3.8, 4) is 0 Å². The molecule has 0 heterocycles. The third-order valence-corrected chi connectivity index (χ3v) is 9.22. The Balaban J connectivity index is 0.000000123. The van der Waals surface area contributed by atoms with Crippen molar-refractivity contribution in [3.05, 3.63) is 170 Å². The van der Waals surface area contributed by atoms with Gasteiger partial charge >= 0.3 is 0 Å². The maximum Gasteiger partial charge on any atom is -0.00206 e. The molecule has 204 valence electrons. The topological polar surface area (TPSA) is 0 Å². The summed E-state index contributed by atoms with van der Waals surface area (Å²) in [6.45, 7) is 0. The van der Waals surface area contributed by atoms with Crippen LogP contribution in [0.4, 0.5) is 0 Å². The van der Waals surface area contributed by atoms with E-state index in [1.54, 1.807) is 0 Å². The van der Waals surface area contributed by atoms with Crippen molar-refractivity contribution in [1.29, 1.82) is 0 Å². The average Bonchev–Trinajstić information content (AvgIpc) is 3.10. The molecule has 0 radical (unpaired) electrons. The molecule has 0 spiro atoms. The van der Waals surface area contributed by atoms with E-state index in [2.05, 4.69) is 170 Å². The summed E-state index contributed by atoms with van der Waals surface area (Å²) in [4.78, 5) is 0. The molecular weight excluding hydrogens is 528 g/mol. The van der Waals surface area contributed by atoms with Crippen LogP contribution in [0.5, 0.6) is 0 Å². The molecule has 0 saturated heterocycles. The van der Waals surface area contributed by atoms with E-state index in [9.17, 15) is 0 Å². The first-order valence-electron chi connectivity index (χ1n) is 15.3. The van der Waals surface area contributed by atoms with Gasteiger partial charge in [-0.15, -0.1) is 0 Å². The van der Waals surface area contributed by atoms with Crippen LogP contribution in [0.1, 0.15) is 0 Å². The predicted molar refractivity (Wildman–Crippen MR) is 193 cm³/mol. The summed E-state index contributed by atoms with van der Waals surface area (Å²) in [7, 11) is 0. The maximum absolute atomic E-state index is 2.32. The van der Waals surface area contributed by atoms with Gasteiger partial charge in [-0.3, -0.25) is 0 Å². The highest BCUT2D eigenvalue weighted by atomic mass is 14.1. The minimum Gasteiger partial charge on any atom is -0.0616 e. The van der Waals surface area contributed by atoms with Crippen LogP contribution in [-0.4, -0.2) is 0 Å². The molecule has 0 aliphatic rings. The SMILES string of the molecule is c1ccc2c(c1)ccc1ccc3ccc4ccccc4c3c12.c1ccc2cc3c(ccc4c5ccccc5ccc34)cc2c1. The average molecular weight is 557 g/mol. The second-order valence-electron chi connectivity index (χ2n) is 11.7. The fourth-order valence-corrected chi connectivity index (χ4v) is 7.10. The van der Waals surface area contributed by atoms with Gasteiger partial charge in [0.25, 0.3) is 0 Å². The van der Waals surface area contributed by atoms with Crippen molar-refractivity contribution < 1.29 is 0 Å². The van der Waals surface area contributed by atoms with Gasteiger partial charge in [-0.25, -0.2) is 0 Å². The van der Waals surface area contributed by atoms with Gasteiger partial charge in [0.05, 0.1) is 0 Å². The minimum atomic E-state index is 1.30. The van der Waals surface area contributed by atoms with Crippen LogP contribution in [0.15, 0.2) is 170 Å². The molecule has 10 aromatic carbocycles. The fraction of sp³-hybridized carbons (Fsp3) is 0.